The van der Waals surface area contributed by atoms with Crippen LogP contribution in [0.2, 0.25) is 5.28 Å². The molecule has 2 aromatic heterocycles. The number of halogens is 5. The number of fused-ring (bicyclic) bond motifs is 1. The van der Waals surface area contributed by atoms with Crippen LogP contribution >= 0.6 is 22.9 Å². The topological polar surface area (TPSA) is 35.0 Å². The molecule has 0 aromatic carbocycles. The first kappa shape index (κ1) is 14.3. The van der Waals surface area contributed by atoms with E-state index >= 15 is 0 Å². The minimum absolute atomic E-state index is 0.190. The summed E-state index contributed by atoms with van der Waals surface area (Å²) in [6, 6.07) is 1.62. The van der Waals surface area contributed by atoms with Crippen LogP contribution in [0.15, 0.2) is 6.07 Å². The van der Waals surface area contributed by atoms with Gasteiger partial charge in [0.2, 0.25) is 11.2 Å². The van der Waals surface area contributed by atoms with Crippen LogP contribution in [0.1, 0.15) is 4.88 Å². The maximum Gasteiger partial charge on any atom is 0.340 e. The lowest BCUT2D eigenvalue weighted by atomic mass is 10.3. The van der Waals surface area contributed by atoms with Crippen molar-refractivity contribution in [1.82, 2.24) is 9.97 Å². The van der Waals surface area contributed by atoms with Crippen molar-refractivity contribution in [3.63, 3.8) is 0 Å². The minimum Gasteiger partial charge on any atom is -0.470 e. The Morgan fingerprint density at radius 1 is 1.42 bits per heavy atom. The number of ether oxygens (including phenoxy) is 1. The third kappa shape index (κ3) is 3.06. The normalized spacial score (nSPS) is 12.4. The molecule has 9 heteroatoms. The first-order valence-corrected chi connectivity index (χ1v) is 6.21. The zero-order valence-corrected chi connectivity index (χ0v) is 11.0. The zero-order valence-electron chi connectivity index (χ0n) is 9.46. The van der Waals surface area contributed by atoms with Crippen LogP contribution in [0.25, 0.3) is 10.2 Å². The summed E-state index contributed by atoms with van der Waals surface area (Å²) in [4.78, 5) is 8.83. The highest BCUT2D eigenvalue weighted by molar-refractivity contribution is 7.18. The van der Waals surface area contributed by atoms with Gasteiger partial charge in [0, 0.05) is 4.88 Å². The highest BCUT2D eigenvalue weighted by atomic mass is 35.5. The second kappa shape index (κ2) is 5.09. The molecule has 2 rings (SSSR count). The molecular weight excluding hydrogens is 308 g/mol. The van der Waals surface area contributed by atoms with Gasteiger partial charge in [-0.3, -0.25) is 0 Å². The molecule has 0 radical (unpaired) electrons. The first-order chi connectivity index (χ1) is 8.79. The summed E-state index contributed by atoms with van der Waals surface area (Å²) in [7, 11) is 0. The maximum atomic E-state index is 12.8. The van der Waals surface area contributed by atoms with E-state index in [1.165, 1.54) is 11.3 Å². The lowest BCUT2D eigenvalue weighted by molar-refractivity contribution is -0.148. The fourth-order valence-electron chi connectivity index (χ4n) is 1.33. The molecule has 2 aromatic rings. The van der Waals surface area contributed by atoms with Crippen molar-refractivity contribution in [3.8, 4) is 5.88 Å². The summed E-state index contributed by atoms with van der Waals surface area (Å²) in [6.07, 6.45) is -3.80. The number of thiophene rings is 1. The zero-order chi connectivity index (χ0) is 14.2. The lowest BCUT2D eigenvalue weighted by Gasteiger charge is -2.15. The summed E-state index contributed by atoms with van der Waals surface area (Å²) in [5.41, 5.74) is 0. The van der Waals surface area contributed by atoms with Gasteiger partial charge in [-0.15, -0.1) is 11.3 Å². The van der Waals surface area contributed by atoms with Crippen LogP contribution in [0.4, 0.5) is 17.6 Å². The number of nitrogens with zero attached hydrogens (tertiary/aromatic N) is 2. The Hall–Kier alpha value is -1.15. The van der Waals surface area contributed by atoms with E-state index in [4.69, 9.17) is 11.6 Å². The van der Waals surface area contributed by atoms with Gasteiger partial charge in [0.15, 0.2) is 6.61 Å². The molecule has 0 saturated carbocycles. The predicted molar refractivity (Wildman–Crippen MR) is 63.6 cm³/mol. The van der Waals surface area contributed by atoms with E-state index in [1.54, 1.807) is 13.0 Å². The highest BCUT2D eigenvalue weighted by Gasteiger charge is 2.42. The van der Waals surface area contributed by atoms with Crippen LogP contribution in [0.3, 0.4) is 0 Å². The molecule has 3 nitrogen and oxygen atoms in total. The van der Waals surface area contributed by atoms with Gasteiger partial charge in [-0.05, 0) is 24.6 Å². The second-order valence-electron chi connectivity index (χ2n) is 3.72. The predicted octanol–water partition coefficient (Wildman–Crippen LogP) is 3.93. The summed E-state index contributed by atoms with van der Waals surface area (Å²) in [6.45, 7) is 0.305. The molecular formula is C10H7ClF4N2OS. The lowest BCUT2D eigenvalue weighted by Crippen LogP contribution is -2.33. The average molecular weight is 315 g/mol. The monoisotopic (exact) mass is 314 g/mol. The summed E-state index contributed by atoms with van der Waals surface area (Å²) in [5, 5.41) is 0.182. The van der Waals surface area contributed by atoms with Crippen LogP contribution in [-0.2, 0) is 0 Å². The quantitative estimate of drug-likeness (QED) is 0.633. The SMILES string of the molecule is Cc1cc2c(OCC(F)(F)C(F)F)nc(Cl)nc2s1. The summed E-state index contributed by atoms with van der Waals surface area (Å²) >= 11 is 6.88. The number of hydrogen-bond acceptors (Lipinski definition) is 4. The number of aryl methyl sites for hydroxylation is 1. The Kier molecular flexibility index (Phi) is 3.82. The fraction of sp³-hybridized carbons (Fsp3) is 0.400. The van der Waals surface area contributed by atoms with E-state index in [0.29, 0.717) is 10.2 Å². The number of rotatable bonds is 4. The van der Waals surface area contributed by atoms with Gasteiger partial charge in [0.05, 0.1) is 5.39 Å². The van der Waals surface area contributed by atoms with Gasteiger partial charge in [0.25, 0.3) is 0 Å². The van der Waals surface area contributed by atoms with E-state index in [-0.39, 0.29) is 11.2 Å². The van der Waals surface area contributed by atoms with Crippen molar-refractivity contribution in [2.75, 3.05) is 6.61 Å². The van der Waals surface area contributed by atoms with E-state index in [9.17, 15) is 17.6 Å². The third-order valence-corrected chi connectivity index (χ3v) is 3.29. The van der Waals surface area contributed by atoms with Crippen molar-refractivity contribution in [2.45, 2.75) is 19.3 Å². The van der Waals surface area contributed by atoms with Gasteiger partial charge in [0.1, 0.15) is 4.83 Å². The Morgan fingerprint density at radius 3 is 2.74 bits per heavy atom. The largest absolute Gasteiger partial charge is 0.470 e. The molecule has 0 atom stereocenters. The molecule has 0 saturated heterocycles. The first-order valence-electron chi connectivity index (χ1n) is 5.02. The molecule has 0 bridgehead atoms. The van der Waals surface area contributed by atoms with Gasteiger partial charge < -0.3 is 4.74 Å². The van der Waals surface area contributed by atoms with E-state index in [0.717, 1.165) is 4.88 Å². The Balaban J connectivity index is 2.30. The van der Waals surface area contributed by atoms with Crippen LogP contribution in [0.5, 0.6) is 5.88 Å². The molecule has 0 amide bonds. The smallest absolute Gasteiger partial charge is 0.340 e. The molecule has 0 unspecified atom stereocenters. The molecule has 0 N–H and O–H groups in total. The molecule has 0 aliphatic carbocycles. The minimum atomic E-state index is -4.24. The Labute approximate surface area is 114 Å². The van der Waals surface area contributed by atoms with E-state index in [1.807, 2.05) is 0 Å². The molecule has 104 valence electrons. The number of hydrogen-bond donors (Lipinski definition) is 0. The number of aromatic nitrogens is 2. The third-order valence-electron chi connectivity index (χ3n) is 2.17. The van der Waals surface area contributed by atoms with Gasteiger partial charge >= 0.3 is 12.3 Å². The van der Waals surface area contributed by atoms with Crippen LogP contribution < -0.4 is 4.74 Å². The Bertz CT molecular complexity index is 604. The standard InChI is InChI=1S/C10H7ClF4N2OS/c1-4-2-5-6(16-9(11)17-7(5)19-4)18-3-10(14,15)8(12)13/h2,8H,3H2,1H3. The molecule has 0 fully saturated rings. The maximum absolute atomic E-state index is 12.8. The van der Waals surface area contributed by atoms with Crippen molar-refractivity contribution in [1.29, 1.82) is 0 Å². The van der Waals surface area contributed by atoms with Gasteiger partial charge in [-0.1, -0.05) is 0 Å². The van der Waals surface area contributed by atoms with Gasteiger partial charge in [-0.25, -0.2) is 13.8 Å². The fourth-order valence-corrected chi connectivity index (χ4v) is 2.41. The van der Waals surface area contributed by atoms with E-state index in [2.05, 4.69) is 14.7 Å². The average Bonchev–Trinajstić information content (AvgIpc) is 2.66. The van der Waals surface area contributed by atoms with E-state index < -0.39 is 19.0 Å². The van der Waals surface area contributed by atoms with Gasteiger partial charge in [-0.2, -0.15) is 13.8 Å². The van der Waals surface area contributed by atoms with Crippen LogP contribution in [0, 0.1) is 6.92 Å². The summed E-state index contributed by atoms with van der Waals surface area (Å²) < 4.78 is 54.3. The highest BCUT2D eigenvalue weighted by Crippen LogP contribution is 2.32. The number of alkyl halides is 4. The van der Waals surface area contributed by atoms with Crippen LogP contribution in [-0.4, -0.2) is 28.9 Å². The van der Waals surface area contributed by atoms with Crippen molar-refractivity contribution in [3.05, 3.63) is 16.2 Å². The molecule has 0 aliphatic rings. The summed E-state index contributed by atoms with van der Waals surface area (Å²) in [5.74, 6) is -4.46. The Morgan fingerprint density at radius 2 is 2.11 bits per heavy atom. The molecule has 0 aliphatic heterocycles. The van der Waals surface area contributed by atoms with Crippen molar-refractivity contribution in [2.24, 2.45) is 0 Å². The molecule has 2 heterocycles. The molecule has 19 heavy (non-hydrogen) atoms. The molecule has 0 spiro atoms. The van der Waals surface area contributed by atoms with Crippen molar-refractivity contribution >= 4 is 33.2 Å². The van der Waals surface area contributed by atoms with Crippen molar-refractivity contribution < 1.29 is 22.3 Å². The second-order valence-corrected chi connectivity index (χ2v) is 5.30.